The van der Waals surface area contributed by atoms with Gasteiger partial charge in [0.1, 0.15) is 0 Å². The summed E-state index contributed by atoms with van der Waals surface area (Å²) in [4.78, 5) is 10.9. The first-order valence-corrected chi connectivity index (χ1v) is 7.97. The van der Waals surface area contributed by atoms with Crippen molar-refractivity contribution in [2.24, 2.45) is 0 Å². The fourth-order valence-electron chi connectivity index (χ4n) is 1.57. The number of anilines is 1. The zero-order chi connectivity index (χ0) is 14.4. The summed E-state index contributed by atoms with van der Waals surface area (Å²) in [7, 11) is 0. The molecule has 0 aromatic heterocycles. The third-order valence-corrected chi connectivity index (χ3v) is 4.32. The Balaban J connectivity index is 2.74. The molecule has 0 aliphatic rings. The molecule has 0 fully saturated rings. The van der Waals surface area contributed by atoms with Gasteiger partial charge in [0, 0.05) is 6.04 Å². The molecule has 1 atom stereocenters. The van der Waals surface area contributed by atoms with E-state index in [0.29, 0.717) is 5.69 Å². The van der Waals surface area contributed by atoms with Crippen LogP contribution < -0.4 is 5.32 Å². The predicted molar refractivity (Wildman–Crippen MR) is 81.8 cm³/mol. The van der Waals surface area contributed by atoms with E-state index >= 15 is 0 Å². The van der Waals surface area contributed by atoms with Gasteiger partial charge in [-0.05, 0) is 52.9 Å². The number of benzene rings is 1. The normalized spacial score (nSPS) is 12.2. The molecule has 0 saturated carbocycles. The van der Waals surface area contributed by atoms with Crippen molar-refractivity contribution in [1.29, 1.82) is 0 Å². The van der Waals surface area contributed by atoms with Gasteiger partial charge in [-0.1, -0.05) is 6.92 Å². The van der Waals surface area contributed by atoms with E-state index in [2.05, 4.69) is 28.2 Å². The molecule has 1 aromatic carbocycles. The summed E-state index contributed by atoms with van der Waals surface area (Å²) in [6.07, 6.45) is 0.927. The topological polar surface area (TPSA) is 49.3 Å². The molecule has 1 rings (SSSR count). The van der Waals surface area contributed by atoms with Crippen LogP contribution in [0.1, 0.15) is 30.6 Å². The number of hydrogen-bond donors (Lipinski definition) is 2. The highest BCUT2D eigenvalue weighted by molar-refractivity contribution is 9.10. The van der Waals surface area contributed by atoms with Crippen LogP contribution in [0.3, 0.4) is 0 Å². The molecule has 1 aromatic rings. The first-order valence-electron chi connectivity index (χ1n) is 6.03. The number of rotatable bonds is 7. The van der Waals surface area contributed by atoms with Crippen LogP contribution in [-0.2, 0) is 0 Å². The monoisotopic (exact) mass is 349 g/mol. The molecule has 0 heterocycles. The third kappa shape index (κ3) is 4.69. The van der Waals surface area contributed by atoms with Crippen molar-refractivity contribution in [1.82, 2.24) is 0 Å². The maximum absolute atomic E-state index is 14.0. The standard InChI is InChI=1S/C13H17BrFNO2S/c1-3-19-7-6-8(2)16-10-5-4-9(13(17)18)11(14)12(10)15/h4-5,8,16H,3,6-7H2,1-2H3,(H,17,18). The van der Waals surface area contributed by atoms with E-state index in [1.807, 2.05) is 18.7 Å². The highest BCUT2D eigenvalue weighted by Crippen LogP contribution is 2.27. The number of nitrogens with one attached hydrogen (secondary N) is 1. The highest BCUT2D eigenvalue weighted by atomic mass is 79.9. The Morgan fingerprint density at radius 3 is 2.84 bits per heavy atom. The number of carboxylic acids is 1. The van der Waals surface area contributed by atoms with Crippen LogP contribution in [0.15, 0.2) is 16.6 Å². The third-order valence-electron chi connectivity index (χ3n) is 2.61. The zero-order valence-electron chi connectivity index (χ0n) is 10.9. The lowest BCUT2D eigenvalue weighted by molar-refractivity contribution is 0.0695. The van der Waals surface area contributed by atoms with E-state index in [0.717, 1.165) is 17.9 Å². The molecule has 6 heteroatoms. The lowest BCUT2D eigenvalue weighted by Crippen LogP contribution is -2.17. The predicted octanol–water partition coefficient (Wildman–Crippen LogP) is 4.23. The highest BCUT2D eigenvalue weighted by Gasteiger charge is 2.16. The number of carbonyl (C=O) groups is 1. The maximum Gasteiger partial charge on any atom is 0.336 e. The summed E-state index contributed by atoms with van der Waals surface area (Å²) in [5, 5.41) is 12.0. The maximum atomic E-state index is 14.0. The molecular formula is C13H17BrFNO2S. The van der Waals surface area contributed by atoms with Crippen LogP contribution in [0.5, 0.6) is 0 Å². The zero-order valence-corrected chi connectivity index (χ0v) is 13.3. The summed E-state index contributed by atoms with van der Waals surface area (Å²) >= 11 is 4.83. The van der Waals surface area contributed by atoms with Crippen molar-refractivity contribution in [3.05, 3.63) is 28.0 Å². The summed E-state index contributed by atoms with van der Waals surface area (Å²) in [6, 6.07) is 2.99. The van der Waals surface area contributed by atoms with Gasteiger partial charge in [-0.15, -0.1) is 0 Å². The molecule has 1 unspecified atom stereocenters. The van der Waals surface area contributed by atoms with Crippen molar-refractivity contribution in [3.63, 3.8) is 0 Å². The lowest BCUT2D eigenvalue weighted by Gasteiger charge is -2.16. The average molecular weight is 350 g/mol. The Labute approximate surface area is 125 Å². The van der Waals surface area contributed by atoms with Crippen molar-refractivity contribution in [3.8, 4) is 0 Å². The van der Waals surface area contributed by atoms with E-state index in [1.165, 1.54) is 12.1 Å². The number of carboxylic acid groups (broad SMARTS) is 1. The molecule has 0 aliphatic carbocycles. The van der Waals surface area contributed by atoms with Gasteiger partial charge >= 0.3 is 5.97 Å². The first-order chi connectivity index (χ1) is 8.97. The minimum absolute atomic E-state index is 0.0138. The Bertz CT molecular complexity index is 457. The Morgan fingerprint density at radius 1 is 1.58 bits per heavy atom. The van der Waals surface area contributed by atoms with Gasteiger partial charge < -0.3 is 10.4 Å². The van der Waals surface area contributed by atoms with Crippen LogP contribution in [0, 0.1) is 5.82 Å². The number of thioether (sulfide) groups is 1. The summed E-state index contributed by atoms with van der Waals surface area (Å²) in [5.74, 6) is 0.375. The second-order valence-corrected chi connectivity index (χ2v) is 6.31. The molecule has 0 radical (unpaired) electrons. The molecule has 0 saturated heterocycles. The molecule has 0 amide bonds. The minimum atomic E-state index is -1.15. The largest absolute Gasteiger partial charge is 0.478 e. The first kappa shape index (κ1) is 16.3. The summed E-state index contributed by atoms with van der Waals surface area (Å²) < 4.78 is 14.0. The smallest absolute Gasteiger partial charge is 0.336 e. The van der Waals surface area contributed by atoms with Gasteiger partial charge in [-0.3, -0.25) is 0 Å². The molecule has 106 valence electrons. The van der Waals surface area contributed by atoms with Crippen molar-refractivity contribution in [2.75, 3.05) is 16.8 Å². The quantitative estimate of drug-likeness (QED) is 0.723. The fourth-order valence-corrected chi connectivity index (χ4v) is 2.89. The van der Waals surface area contributed by atoms with Crippen LogP contribution in [0.25, 0.3) is 0 Å². The SMILES string of the molecule is CCSCCC(C)Nc1ccc(C(=O)O)c(Br)c1F. The second kappa shape index (κ2) is 7.75. The van der Waals surface area contributed by atoms with E-state index in [9.17, 15) is 9.18 Å². The fraction of sp³-hybridized carbons (Fsp3) is 0.462. The van der Waals surface area contributed by atoms with E-state index in [1.54, 1.807) is 0 Å². The molecular weight excluding hydrogens is 333 g/mol. The van der Waals surface area contributed by atoms with Gasteiger partial charge in [-0.2, -0.15) is 11.8 Å². The number of hydrogen-bond acceptors (Lipinski definition) is 3. The molecule has 0 aliphatic heterocycles. The molecule has 0 spiro atoms. The van der Waals surface area contributed by atoms with Gasteiger partial charge in [0.05, 0.1) is 15.7 Å². The summed E-state index contributed by atoms with van der Waals surface area (Å²) in [5.41, 5.74) is 0.253. The lowest BCUT2D eigenvalue weighted by atomic mass is 10.1. The molecule has 2 N–H and O–H groups in total. The Hall–Kier alpha value is -0.750. The number of aromatic carboxylic acids is 1. The van der Waals surface area contributed by atoms with Crippen LogP contribution in [-0.4, -0.2) is 28.6 Å². The van der Waals surface area contributed by atoms with Gasteiger partial charge in [0.25, 0.3) is 0 Å². The van der Waals surface area contributed by atoms with Gasteiger partial charge in [-0.25, -0.2) is 9.18 Å². The summed E-state index contributed by atoms with van der Waals surface area (Å²) in [6.45, 7) is 4.08. The van der Waals surface area contributed by atoms with Crippen molar-refractivity contribution in [2.45, 2.75) is 26.3 Å². The van der Waals surface area contributed by atoms with Crippen molar-refractivity contribution >= 4 is 39.3 Å². The molecule has 3 nitrogen and oxygen atoms in total. The Morgan fingerprint density at radius 2 is 2.26 bits per heavy atom. The second-order valence-electron chi connectivity index (χ2n) is 4.12. The van der Waals surface area contributed by atoms with Crippen molar-refractivity contribution < 1.29 is 14.3 Å². The van der Waals surface area contributed by atoms with Crippen LogP contribution in [0.4, 0.5) is 10.1 Å². The van der Waals surface area contributed by atoms with Crippen LogP contribution >= 0.6 is 27.7 Å². The van der Waals surface area contributed by atoms with E-state index in [4.69, 9.17) is 5.11 Å². The average Bonchev–Trinajstić information content (AvgIpc) is 2.35. The van der Waals surface area contributed by atoms with E-state index < -0.39 is 11.8 Å². The molecule has 0 bridgehead atoms. The van der Waals surface area contributed by atoms with Gasteiger partial charge in [0.2, 0.25) is 0 Å². The molecule has 19 heavy (non-hydrogen) atoms. The van der Waals surface area contributed by atoms with E-state index in [-0.39, 0.29) is 16.1 Å². The minimum Gasteiger partial charge on any atom is -0.478 e. The van der Waals surface area contributed by atoms with Crippen LogP contribution in [0.2, 0.25) is 0 Å². The van der Waals surface area contributed by atoms with Gasteiger partial charge in [0.15, 0.2) is 5.82 Å². The Kier molecular flexibility index (Phi) is 6.65. The number of halogens is 2.